The van der Waals surface area contributed by atoms with Crippen LogP contribution in [0.25, 0.3) is 0 Å². The second kappa shape index (κ2) is 6.56. The molecule has 0 amide bonds. The second-order valence-corrected chi connectivity index (χ2v) is 6.38. The van der Waals surface area contributed by atoms with Crippen molar-refractivity contribution in [1.29, 1.82) is 5.26 Å². The average molecular weight is 331 g/mol. The molecule has 1 aliphatic heterocycles. The highest BCUT2D eigenvalue weighted by molar-refractivity contribution is 5.53. The smallest absolute Gasteiger partial charge is 0.150 e. The summed E-state index contributed by atoms with van der Waals surface area (Å²) >= 11 is 0. The lowest BCUT2D eigenvalue weighted by atomic mass is 9.96. The molecule has 1 aliphatic rings. The van der Waals surface area contributed by atoms with Gasteiger partial charge in [0.05, 0.1) is 11.6 Å². The minimum atomic E-state index is -0.697. The first-order valence-corrected chi connectivity index (χ1v) is 8.04. The number of rotatable bonds is 3. The van der Waals surface area contributed by atoms with Crippen LogP contribution < -0.4 is 4.90 Å². The molecule has 24 heavy (non-hydrogen) atoms. The molecule has 1 aromatic heterocycles. The molecule has 1 fully saturated rings. The molecule has 2 aromatic rings. The highest BCUT2D eigenvalue weighted by atomic mass is 19.1. The molecule has 126 valence electrons. The van der Waals surface area contributed by atoms with Crippen molar-refractivity contribution in [2.45, 2.75) is 38.6 Å². The Morgan fingerprint density at radius 3 is 2.62 bits per heavy atom. The topological polar surface area (TPSA) is 57.7 Å². The number of nitriles is 1. The highest BCUT2D eigenvalue weighted by Crippen LogP contribution is 2.33. The van der Waals surface area contributed by atoms with Crippen molar-refractivity contribution in [1.82, 2.24) is 14.8 Å². The van der Waals surface area contributed by atoms with Gasteiger partial charge in [0.15, 0.2) is 11.6 Å². The maximum Gasteiger partial charge on any atom is 0.150 e. The average Bonchev–Trinajstić information content (AvgIpc) is 3.04. The predicted octanol–water partition coefficient (Wildman–Crippen LogP) is 3.39. The summed E-state index contributed by atoms with van der Waals surface area (Å²) in [5.41, 5.74) is -0.0730. The maximum absolute atomic E-state index is 14.3. The van der Waals surface area contributed by atoms with E-state index in [2.05, 4.69) is 10.2 Å². The molecule has 1 unspecified atom stereocenters. The van der Waals surface area contributed by atoms with Crippen LogP contribution in [0.1, 0.15) is 50.0 Å². The van der Waals surface area contributed by atoms with E-state index in [1.54, 1.807) is 17.3 Å². The van der Waals surface area contributed by atoms with Crippen molar-refractivity contribution in [3.63, 3.8) is 0 Å². The maximum atomic E-state index is 14.3. The number of halogens is 2. The van der Waals surface area contributed by atoms with Crippen LogP contribution in [0.15, 0.2) is 18.5 Å². The molecule has 0 bridgehead atoms. The number of hydrogen-bond acceptors (Lipinski definition) is 4. The molecule has 0 N–H and O–H groups in total. The van der Waals surface area contributed by atoms with Gasteiger partial charge in [0.25, 0.3) is 0 Å². The molecule has 1 aromatic carbocycles. The van der Waals surface area contributed by atoms with Crippen LogP contribution in [0.4, 0.5) is 14.5 Å². The molecule has 7 heteroatoms. The second-order valence-electron chi connectivity index (χ2n) is 6.38. The fourth-order valence-corrected chi connectivity index (χ4v) is 3.26. The number of hydrogen-bond donors (Lipinski definition) is 0. The van der Waals surface area contributed by atoms with Crippen LogP contribution in [0.5, 0.6) is 0 Å². The first-order chi connectivity index (χ1) is 11.5. The molecular formula is C17H19F2N5. The van der Waals surface area contributed by atoms with Gasteiger partial charge in [-0.1, -0.05) is 0 Å². The highest BCUT2D eigenvalue weighted by Gasteiger charge is 2.29. The van der Waals surface area contributed by atoms with Gasteiger partial charge in [-0.2, -0.15) is 5.26 Å². The molecule has 0 aliphatic carbocycles. The molecule has 0 radical (unpaired) electrons. The third-order valence-corrected chi connectivity index (χ3v) is 4.41. The fourth-order valence-electron chi connectivity index (χ4n) is 3.26. The van der Waals surface area contributed by atoms with Crippen molar-refractivity contribution in [3.8, 4) is 6.07 Å². The number of aromatic nitrogens is 3. The van der Waals surface area contributed by atoms with E-state index < -0.39 is 11.6 Å². The van der Waals surface area contributed by atoms with Crippen LogP contribution in [0.2, 0.25) is 0 Å². The summed E-state index contributed by atoms with van der Waals surface area (Å²) < 4.78 is 30.6. The number of benzene rings is 1. The van der Waals surface area contributed by atoms with E-state index in [9.17, 15) is 8.78 Å². The van der Waals surface area contributed by atoms with E-state index >= 15 is 0 Å². The lowest BCUT2D eigenvalue weighted by Gasteiger charge is -2.34. The van der Waals surface area contributed by atoms with E-state index in [0.717, 1.165) is 30.8 Å². The Bertz CT molecular complexity index is 755. The van der Waals surface area contributed by atoms with Crippen molar-refractivity contribution < 1.29 is 8.78 Å². The van der Waals surface area contributed by atoms with Crippen LogP contribution in [0.3, 0.4) is 0 Å². The summed E-state index contributed by atoms with van der Waals surface area (Å²) in [6.07, 6.45) is 3.41. The van der Waals surface area contributed by atoms with E-state index in [-0.39, 0.29) is 23.2 Å². The lowest BCUT2D eigenvalue weighted by Crippen LogP contribution is -2.36. The van der Waals surface area contributed by atoms with Crippen molar-refractivity contribution in [3.05, 3.63) is 41.5 Å². The summed E-state index contributed by atoms with van der Waals surface area (Å²) in [7, 11) is 0. The van der Waals surface area contributed by atoms with Crippen LogP contribution in [-0.2, 0) is 0 Å². The lowest BCUT2D eigenvalue weighted by molar-refractivity contribution is 0.446. The SMILES string of the molecule is CC(C)n1cnnc1C1CCCN(c2c(F)cc(C#N)cc2F)C1. The zero-order chi connectivity index (χ0) is 17.3. The van der Waals surface area contributed by atoms with E-state index in [4.69, 9.17) is 5.26 Å². The Labute approximate surface area is 139 Å². The third kappa shape index (κ3) is 2.96. The van der Waals surface area contributed by atoms with Gasteiger partial charge in [0.2, 0.25) is 0 Å². The first-order valence-electron chi connectivity index (χ1n) is 8.04. The zero-order valence-corrected chi connectivity index (χ0v) is 13.7. The van der Waals surface area contributed by atoms with E-state index in [1.165, 1.54) is 0 Å². The first kappa shape index (κ1) is 16.4. The van der Waals surface area contributed by atoms with Gasteiger partial charge in [-0.3, -0.25) is 0 Å². The standard InChI is InChI=1S/C17H19F2N5/c1-11(2)24-10-21-22-17(24)13-4-3-5-23(9-13)16-14(18)6-12(8-20)7-15(16)19/h6-7,10-11,13H,3-5,9H2,1-2H3. The monoisotopic (exact) mass is 331 g/mol. The van der Waals surface area contributed by atoms with Crippen molar-refractivity contribution in [2.24, 2.45) is 0 Å². The molecule has 0 spiro atoms. The number of piperidine rings is 1. The molecule has 2 heterocycles. The number of nitrogens with zero attached hydrogens (tertiary/aromatic N) is 5. The van der Waals surface area contributed by atoms with Gasteiger partial charge in [-0.25, -0.2) is 8.78 Å². The quantitative estimate of drug-likeness (QED) is 0.865. The van der Waals surface area contributed by atoms with Gasteiger partial charge in [-0.15, -0.1) is 10.2 Å². The van der Waals surface area contributed by atoms with Gasteiger partial charge >= 0.3 is 0 Å². The fraction of sp³-hybridized carbons (Fsp3) is 0.471. The van der Waals surface area contributed by atoms with Gasteiger partial charge in [0, 0.05) is 25.0 Å². The molecule has 0 saturated carbocycles. The Balaban J connectivity index is 1.89. The van der Waals surface area contributed by atoms with Crippen LogP contribution >= 0.6 is 0 Å². The molecular weight excluding hydrogens is 312 g/mol. The summed E-state index contributed by atoms with van der Waals surface area (Å²) in [5, 5.41) is 17.0. The largest absolute Gasteiger partial charge is 0.366 e. The molecule has 1 atom stereocenters. The van der Waals surface area contributed by atoms with Gasteiger partial charge < -0.3 is 9.47 Å². The zero-order valence-electron chi connectivity index (χ0n) is 13.7. The minimum absolute atomic E-state index is 0.0122. The van der Waals surface area contributed by atoms with E-state index in [0.29, 0.717) is 13.1 Å². The summed E-state index contributed by atoms with van der Waals surface area (Å²) in [5.74, 6) is -0.475. The summed E-state index contributed by atoms with van der Waals surface area (Å²) in [6.45, 7) is 5.15. The van der Waals surface area contributed by atoms with Gasteiger partial charge in [-0.05, 0) is 38.8 Å². The van der Waals surface area contributed by atoms with Crippen LogP contribution in [-0.4, -0.2) is 27.9 Å². The van der Waals surface area contributed by atoms with Crippen molar-refractivity contribution in [2.75, 3.05) is 18.0 Å². The Morgan fingerprint density at radius 2 is 2.00 bits per heavy atom. The third-order valence-electron chi connectivity index (χ3n) is 4.41. The summed E-state index contributed by atoms with van der Waals surface area (Å²) in [4.78, 5) is 1.71. The van der Waals surface area contributed by atoms with Gasteiger partial charge in [0.1, 0.15) is 17.8 Å². The molecule has 1 saturated heterocycles. The normalized spacial score (nSPS) is 18.0. The Kier molecular flexibility index (Phi) is 4.47. The Hall–Kier alpha value is -2.49. The molecule has 3 rings (SSSR count). The van der Waals surface area contributed by atoms with Crippen molar-refractivity contribution >= 4 is 5.69 Å². The van der Waals surface area contributed by atoms with Crippen LogP contribution in [0, 0.1) is 23.0 Å². The summed E-state index contributed by atoms with van der Waals surface area (Å²) in [6, 6.07) is 4.16. The Morgan fingerprint density at radius 1 is 1.29 bits per heavy atom. The predicted molar refractivity (Wildman–Crippen MR) is 85.7 cm³/mol. The van der Waals surface area contributed by atoms with E-state index in [1.807, 2.05) is 18.4 Å². The molecule has 5 nitrogen and oxygen atoms in total. The minimum Gasteiger partial charge on any atom is -0.366 e. The number of anilines is 1.